The van der Waals surface area contributed by atoms with Gasteiger partial charge in [0.1, 0.15) is 11.8 Å². The Bertz CT molecular complexity index is 2280. The number of phenolic OH excluding ortho intramolecular Hbond substituents is 1. The molecular weight excluding hydrogens is 719 g/mol. The quantitative estimate of drug-likeness (QED) is 0.260. The van der Waals surface area contributed by atoms with Crippen LogP contribution in [0.2, 0.25) is 0 Å². The van der Waals surface area contributed by atoms with Crippen molar-refractivity contribution < 1.29 is 29.1 Å². The lowest BCUT2D eigenvalue weighted by Gasteiger charge is -2.54. The molecule has 3 saturated heterocycles. The fraction of sp³-hybridized carbons (Fsp3) is 0.370. The highest BCUT2D eigenvalue weighted by atomic mass is 16.3. The molecular formula is C46H45N5O6. The minimum absolute atomic E-state index is 0.0356. The maximum absolute atomic E-state index is 13.5. The van der Waals surface area contributed by atoms with Gasteiger partial charge >= 0.3 is 0 Å². The van der Waals surface area contributed by atoms with Gasteiger partial charge in [0.05, 0.1) is 17.7 Å². The zero-order chi connectivity index (χ0) is 39.0. The molecule has 1 spiro atoms. The molecule has 0 saturated carbocycles. The summed E-state index contributed by atoms with van der Waals surface area (Å²) in [5.41, 5.74) is 8.84. The largest absolute Gasteiger partial charge is 0.508 e. The highest BCUT2D eigenvalue weighted by Crippen LogP contribution is 2.48. The molecule has 1 unspecified atom stereocenters. The average molecular weight is 764 g/mol. The number of piperidine rings is 2. The highest BCUT2D eigenvalue weighted by Gasteiger charge is 2.47. The first-order valence-electron chi connectivity index (χ1n) is 20.2. The zero-order valence-electron chi connectivity index (χ0n) is 31.8. The van der Waals surface area contributed by atoms with Crippen molar-refractivity contribution in [1.29, 1.82) is 0 Å². The number of aromatic hydroxyl groups is 1. The first-order valence-corrected chi connectivity index (χ1v) is 20.2. The van der Waals surface area contributed by atoms with Crippen molar-refractivity contribution in [2.75, 3.05) is 37.6 Å². The number of rotatable bonds is 6. The Morgan fingerprint density at radius 1 is 0.754 bits per heavy atom. The highest BCUT2D eigenvalue weighted by molar-refractivity contribution is 6.23. The molecule has 4 aromatic rings. The van der Waals surface area contributed by atoms with Gasteiger partial charge in [0.2, 0.25) is 17.7 Å². The van der Waals surface area contributed by atoms with Gasteiger partial charge in [-0.25, -0.2) is 0 Å². The third kappa shape index (κ3) is 6.19. The SMILES string of the molecule is O=C1CCC(N2C(=O)c3cc4c(cc3C2=O)CN(C(=O)CN2CC3(CCN(c5ccc([C@@H]6c7ccc(O)cc7CC[C@@H]6c6ccccc6)cc5)CC3)C2)C4)C(=O)N1. The summed E-state index contributed by atoms with van der Waals surface area (Å²) in [6, 6.07) is 28.2. The number of phenols is 1. The van der Waals surface area contributed by atoms with Gasteiger partial charge in [0.15, 0.2) is 0 Å². The van der Waals surface area contributed by atoms with Gasteiger partial charge in [-0.1, -0.05) is 48.5 Å². The van der Waals surface area contributed by atoms with Crippen LogP contribution in [0.4, 0.5) is 5.69 Å². The summed E-state index contributed by atoms with van der Waals surface area (Å²) >= 11 is 0. The van der Waals surface area contributed by atoms with Crippen LogP contribution >= 0.6 is 0 Å². The number of carbonyl (C=O) groups excluding carboxylic acids is 5. The van der Waals surface area contributed by atoms with E-state index in [1.165, 1.54) is 27.9 Å². The van der Waals surface area contributed by atoms with E-state index in [0.29, 0.717) is 31.3 Å². The molecule has 0 aromatic heterocycles. The number of imide groups is 2. The van der Waals surface area contributed by atoms with Crippen molar-refractivity contribution in [3.05, 3.63) is 129 Å². The molecule has 10 rings (SSSR count). The molecule has 1 aliphatic carbocycles. The molecule has 290 valence electrons. The Balaban J connectivity index is 0.738. The number of anilines is 1. The molecule has 57 heavy (non-hydrogen) atoms. The van der Waals surface area contributed by atoms with Crippen molar-refractivity contribution in [2.45, 2.75) is 69.5 Å². The van der Waals surface area contributed by atoms with Crippen molar-refractivity contribution in [3.63, 3.8) is 0 Å². The van der Waals surface area contributed by atoms with Crippen LogP contribution in [0.5, 0.6) is 5.75 Å². The van der Waals surface area contributed by atoms with Crippen molar-refractivity contribution >= 4 is 35.2 Å². The van der Waals surface area contributed by atoms with E-state index in [-0.39, 0.29) is 41.2 Å². The number of nitrogens with one attached hydrogen (secondary N) is 1. The molecule has 0 radical (unpaired) electrons. The van der Waals surface area contributed by atoms with Crippen molar-refractivity contribution in [1.82, 2.24) is 20.0 Å². The number of benzene rings is 4. The minimum atomic E-state index is -1.00. The average Bonchev–Trinajstić information content (AvgIpc) is 3.74. The van der Waals surface area contributed by atoms with Crippen LogP contribution < -0.4 is 10.2 Å². The summed E-state index contributed by atoms with van der Waals surface area (Å²) in [7, 11) is 0. The molecule has 0 bridgehead atoms. The van der Waals surface area contributed by atoms with Crippen LogP contribution in [-0.4, -0.2) is 88.1 Å². The van der Waals surface area contributed by atoms with E-state index in [4.69, 9.17) is 0 Å². The number of hydrogen-bond donors (Lipinski definition) is 2. The normalized spacial score (nSPS) is 23.9. The molecule has 5 amide bonds. The van der Waals surface area contributed by atoms with Gasteiger partial charge in [-0.15, -0.1) is 0 Å². The number of amides is 5. The predicted molar refractivity (Wildman–Crippen MR) is 212 cm³/mol. The van der Waals surface area contributed by atoms with Gasteiger partial charge in [-0.2, -0.15) is 0 Å². The van der Waals surface area contributed by atoms with Crippen LogP contribution in [0.25, 0.3) is 0 Å². The predicted octanol–water partition coefficient (Wildman–Crippen LogP) is 5.10. The van der Waals surface area contributed by atoms with Crippen LogP contribution in [0.15, 0.2) is 84.9 Å². The second-order valence-electron chi connectivity index (χ2n) is 17.0. The number of likely N-dealkylation sites (tertiary alicyclic amines) is 1. The third-order valence-corrected chi connectivity index (χ3v) is 13.6. The molecule has 11 nitrogen and oxygen atoms in total. The first-order chi connectivity index (χ1) is 27.6. The fourth-order valence-corrected chi connectivity index (χ4v) is 10.6. The number of fused-ring (bicyclic) bond motifs is 3. The smallest absolute Gasteiger partial charge is 0.262 e. The molecule has 3 atom stereocenters. The Kier molecular flexibility index (Phi) is 8.55. The summed E-state index contributed by atoms with van der Waals surface area (Å²) in [6.07, 6.45) is 4.33. The monoisotopic (exact) mass is 763 g/mol. The minimum Gasteiger partial charge on any atom is -0.508 e. The van der Waals surface area contributed by atoms with Gasteiger partial charge in [0.25, 0.3) is 11.8 Å². The van der Waals surface area contributed by atoms with Gasteiger partial charge in [-0.3, -0.25) is 39.1 Å². The molecule has 6 aliphatic rings. The maximum atomic E-state index is 13.5. The molecule has 11 heteroatoms. The number of carbonyl (C=O) groups is 5. The van der Waals surface area contributed by atoms with Crippen LogP contribution in [0.1, 0.15) is 98.0 Å². The molecule has 5 aliphatic heterocycles. The van der Waals surface area contributed by atoms with Crippen LogP contribution in [-0.2, 0) is 33.9 Å². The standard InChI is InChI=1S/C46H45N5O6/c52-34-11-13-36-30(20-34)8-12-35(28-4-2-1-3-5-28)42(36)29-6-9-33(10-7-29)49-18-16-46(17-19-49)26-48(27-46)25-41(54)50-23-31-21-37-38(22-32(31)24-50)45(57)51(44(37)56)39-14-15-40(53)47-43(39)55/h1-7,9-11,13,20-22,35,39,42,52H,8,12,14-19,23-27H2,(H,47,53,55)/t35-,39?,42+/m1/s1. The van der Waals surface area contributed by atoms with E-state index in [1.807, 2.05) is 12.1 Å². The van der Waals surface area contributed by atoms with Crippen LogP contribution in [0, 0.1) is 5.41 Å². The van der Waals surface area contributed by atoms with Crippen LogP contribution in [0.3, 0.4) is 0 Å². The van der Waals surface area contributed by atoms with E-state index in [2.05, 4.69) is 75.8 Å². The topological polar surface area (TPSA) is 131 Å². The van der Waals surface area contributed by atoms with E-state index in [0.717, 1.165) is 67.9 Å². The van der Waals surface area contributed by atoms with E-state index in [1.54, 1.807) is 17.0 Å². The second-order valence-corrected chi connectivity index (χ2v) is 17.0. The number of nitrogens with zero attached hydrogens (tertiary/aromatic N) is 4. The lowest BCUT2D eigenvalue weighted by Crippen LogP contribution is -2.61. The van der Waals surface area contributed by atoms with E-state index >= 15 is 0 Å². The number of hydrogen-bond acceptors (Lipinski definition) is 8. The fourth-order valence-electron chi connectivity index (χ4n) is 10.6. The second kappa shape index (κ2) is 13.7. The van der Waals surface area contributed by atoms with Crippen molar-refractivity contribution in [2.24, 2.45) is 5.41 Å². The third-order valence-electron chi connectivity index (χ3n) is 13.6. The van der Waals surface area contributed by atoms with Crippen molar-refractivity contribution in [3.8, 4) is 5.75 Å². The summed E-state index contributed by atoms with van der Waals surface area (Å²) in [5.74, 6) is -1.14. The Morgan fingerprint density at radius 3 is 2.11 bits per heavy atom. The summed E-state index contributed by atoms with van der Waals surface area (Å²) in [4.78, 5) is 71.7. The van der Waals surface area contributed by atoms with Gasteiger partial charge in [0, 0.05) is 57.3 Å². The molecule has 5 heterocycles. The molecule has 2 N–H and O–H groups in total. The first kappa shape index (κ1) is 35.6. The molecule has 3 fully saturated rings. The Labute approximate surface area is 331 Å². The summed E-state index contributed by atoms with van der Waals surface area (Å²) in [6.45, 7) is 4.84. The lowest BCUT2D eigenvalue weighted by molar-refractivity contribution is -0.137. The zero-order valence-corrected chi connectivity index (χ0v) is 31.8. The summed E-state index contributed by atoms with van der Waals surface area (Å²) < 4.78 is 0. The molecule has 4 aromatic carbocycles. The summed E-state index contributed by atoms with van der Waals surface area (Å²) in [5, 5.41) is 12.5. The van der Waals surface area contributed by atoms with Gasteiger partial charge < -0.3 is 14.9 Å². The lowest BCUT2D eigenvalue weighted by atomic mass is 9.69. The maximum Gasteiger partial charge on any atom is 0.262 e. The number of aryl methyl sites for hydroxylation is 1. The Hall–Kier alpha value is -5.81. The van der Waals surface area contributed by atoms with E-state index < -0.39 is 29.7 Å². The van der Waals surface area contributed by atoms with E-state index in [9.17, 15) is 29.1 Å². The van der Waals surface area contributed by atoms with Gasteiger partial charge in [-0.05, 0) is 113 Å². The Morgan fingerprint density at radius 2 is 1.44 bits per heavy atom.